The molecule has 1 aliphatic heterocycles. The lowest BCUT2D eigenvalue weighted by atomic mass is 10.1. The number of hydrogen-bond acceptors (Lipinski definition) is 4. The Hall–Kier alpha value is -0.870. The number of pyridine rings is 1. The highest BCUT2D eigenvalue weighted by Gasteiger charge is 2.16. The van der Waals surface area contributed by atoms with Crippen molar-refractivity contribution in [2.24, 2.45) is 0 Å². The van der Waals surface area contributed by atoms with Gasteiger partial charge in [-0.3, -0.25) is 9.78 Å². The van der Waals surface area contributed by atoms with E-state index in [4.69, 9.17) is 0 Å². The summed E-state index contributed by atoms with van der Waals surface area (Å²) in [6.45, 7) is 1.02. The maximum absolute atomic E-state index is 11.8. The molecule has 4 heteroatoms. The topological polar surface area (TPSA) is 42.0 Å². The predicted molar refractivity (Wildman–Crippen MR) is 66.7 cm³/mol. The van der Waals surface area contributed by atoms with Gasteiger partial charge in [-0.05, 0) is 12.1 Å². The van der Waals surface area contributed by atoms with Gasteiger partial charge in [0.25, 0.3) is 0 Å². The van der Waals surface area contributed by atoms with Crippen molar-refractivity contribution < 1.29 is 4.79 Å². The fraction of sp³-hybridized carbons (Fsp3) is 0.500. The highest BCUT2D eigenvalue weighted by Crippen LogP contribution is 2.11. The zero-order chi connectivity index (χ0) is 11.2. The van der Waals surface area contributed by atoms with Crippen molar-refractivity contribution >= 4 is 17.5 Å². The van der Waals surface area contributed by atoms with E-state index in [9.17, 15) is 4.79 Å². The van der Waals surface area contributed by atoms with Crippen LogP contribution in [0, 0.1) is 0 Å². The number of hydrogen-bond donors (Lipinski definition) is 1. The quantitative estimate of drug-likeness (QED) is 0.855. The van der Waals surface area contributed by atoms with Crippen LogP contribution in [0.2, 0.25) is 0 Å². The SMILES string of the molecule is O=C(Cc1ccccn1)CC1CSCCN1. The molecule has 0 amide bonds. The molecule has 2 rings (SSSR count). The summed E-state index contributed by atoms with van der Waals surface area (Å²) in [5, 5.41) is 3.37. The van der Waals surface area contributed by atoms with Gasteiger partial charge in [-0.2, -0.15) is 11.8 Å². The van der Waals surface area contributed by atoms with Crippen LogP contribution in [0.1, 0.15) is 12.1 Å². The summed E-state index contributed by atoms with van der Waals surface area (Å²) in [6, 6.07) is 6.05. The van der Waals surface area contributed by atoms with Gasteiger partial charge in [0.1, 0.15) is 5.78 Å². The lowest BCUT2D eigenvalue weighted by Crippen LogP contribution is -2.39. The summed E-state index contributed by atoms with van der Waals surface area (Å²) in [6.07, 6.45) is 2.82. The molecule has 1 aromatic heterocycles. The first-order chi connectivity index (χ1) is 7.84. The minimum Gasteiger partial charge on any atom is -0.312 e. The van der Waals surface area contributed by atoms with Crippen molar-refractivity contribution in [2.45, 2.75) is 18.9 Å². The molecule has 1 fully saturated rings. The first kappa shape index (κ1) is 11.6. The molecule has 0 aromatic carbocycles. The van der Waals surface area contributed by atoms with Crippen LogP contribution in [0.25, 0.3) is 0 Å². The number of Topliss-reactive ketones (excluding diaryl/α,β-unsaturated/α-hetero) is 1. The second-order valence-corrected chi connectivity index (χ2v) is 5.12. The first-order valence-corrected chi connectivity index (χ1v) is 6.73. The van der Waals surface area contributed by atoms with Gasteiger partial charge < -0.3 is 5.32 Å². The van der Waals surface area contributed by atoms with Crippen LogP contribution in [0.15, 0.2) is 24.4 Å². The van der Waals surface area contributed by atoms with Gasteiger partial charge in [0.2, 0.25) is 0 Å². The second-order valence-electron chi connectivity index (χ2n) is 3.97. The number of carbonyl (C=O) groups excluding carboxylic acids is 1. The molecule has 1 saturated heterocycles. The van der Waals surface area contributed by atoms with Gasteiger partial charge in [-0.1, -0.05) is 6.07 Å². The highest BCUT2D eigenvalue weighted by atomic mass is 32.2. The number of carbonyl (C=O) groups is 1. The summed E-state index contributed by atoms with van der Waals surface area (Å²) in [5.74, 6) is 2.48. The van der Waals surface area contributed by atoms with Crippen molar-refractivity contribution in [3.63, 3.8) is 0 Å². The van der Waals surface area contributed by atoms with Crippen LogP contribution < -0.4 is 5.32 Å². The zero-order valence-corrected chi connectivity index (χ0v) is 10.0. The van der Waals surface area contributed by atoms with Gasteiger partial charge in [0.05, 0.1) is 0 Å². The molecule has 0 bridgehead atoms. The summed E-state index contributed by atoms with van der Waals surface area (Å²) in [5.41, 5.74) is 0.871. The Morgan fingerprint density at radius 2 is 2.50 bits per heavy atom. The molecular formula is C12H16N2OS. The third-order valence-electron chi connectivity index (χ3n) is 2.58. The van der Waals surface area contributed by atoms with Gasteiger partial charge in [0, 0.05) is 48.8 Å². The lowest BCUT2D eigenvalue weighted by molar-refractivity contribution is -0.118. The highest BCUT2D eigenvalue weighted by molar-refractivity contribution is 7.99. The maximum atomic E-state index is 11.8. The number of ketones is 1. The summed E-state index contributed by atoms with van der Waals surface area (Å²) in [4.78, 5) is 16.0. The molecule has 0 saturated carbocycles. The maximum Gasteiger partial charge on any atom is 0.140 e. The first-order valence-electron chi connectivity index (χ1n) is 5.57. The van der Waals surface area contributed by atoms with E-state index >= 15 is 0 Å². The average molecular weight is 236 g/mol. The summed E-state index contributed by atoms with van der Waals surface area (Å²) in [7, 11) is 0. The van der Waals surface area contributed by atoms with Crippen LogP contribution in [0.4, 0.5) is 0 Å². The Bertz CT molecular complexity index is 336. The Kier molecular flexibility index (Phi) is 4.36. The molecule has 1 N–H and O–H groups in total. The van der Waals surface area contributed by atoms with Gasteiger partial charge in [-0.25, -0.2) is 0 Å². The van der Waals surface area contributed by atoms with E-state index < -0.39 is 0 Å². The van der Waals surface area contributed by atoms with Crippen LogP contribution in [0.5, 0.6) is 0 Å². The molecule has 1 atom stereocenters. The minimum atomic E-state index is 0.277. The van der Waals surface area contributed by atoms with E-state index in [1.807, 2.05) is 30.0 Å². The molecule has 0 aliphatic carbocycles. The average Bonchev–Trinajstić information content (AvgIpc) is 2.31. The molecule has 86 valence electrons. The smallest absolute Gasteiger partial charge is 0.140 e. The van der Waals surface area contributed by atoms with Crippen molar-refractivity contribution in [1.29, 1.82) is 0 Å². The normalized spacial score (nSPS) is 20.6. The standard InChI is InChI=1S/C12H16N2OS/c15-12(7-10-3-1-2-4-13-10)8-11-9-16-6-5-14-11/h1-4,11,14H,5-9H2. The zero-order valence-electron chi connectivity index (χ0n) is 9.19. The summed E-state index contributed by atoms with van der Waals surface area (Å²) >= 11 is 1.92. The molecule has 1 unspecified atom stereocenters. The van der Waals surface area contributed by atoms with Crippen molar-refractivity contribution in [2.75, 3.05) is 18.1 Å². The van der Waals surface area contributed by atoms with E-state index in [0.717, 1.165) is 23.7 Å². The summed E-state index contributed by atoms with van der Waals surface area (Å²) < 4.78 is 0. The van der Waals surface area contributed by atoms with Crippen LogP contribution in [-0.4, -0.2) is 34.9 Å². The Morgan fingerprint density at radius 1 is 1.56 bits per heavy atom. The van der Waals surface area contributed by atoms with Crippen LogP contribution >= 0.6 is 11.8 Å². The molecule has 3 nitrogen and oxygen atoms in total. The minimum absolute atomic E-state index is 0.277. The largest absolute Gasteiger partial charge is 0.312 e. The Balaban J connectivity index is 1.80. The Labute approximate surface area is 100 Å². The monoisotopic (exact) mass is 236 g/mol. The molecule has 0 radical (unpaired) electrons. The number of nitrogens with zero attached hydrogens (tertiary/aromatic N) is 1. The van der Waals surface area contributed by atoms with Gasteiger partial charge in [0.15, 0.2) is 0 Å². The van der Waals surface area contributed by atoms with E-state index in [0.29, 0.717) is 18.9 Å². The lowest BCUT2D eigenvalue weighted by Gasteiger charge is -2.22. The number of rotatable bonds is 4. The molecule has 2 heterocycles. The number of thioether (sulfide) groups is 1. The molecular weight excluding hydrogens is 220 g/mol. The predicted octanol–water partition coefficient (Wildman–Crippen LogP) is 1.29. The second kappa shape index (κ2) is 6.01. The van der Waals surface area contributed by atoms with Crippen molar-refractivity contribution in [3.8, 4) is 0 Å². The van der Waals surface area contributed by atoms with Crippen molar-refractivity contribution in [1.82, 2.24) is 10.3 Å². The molecule has 1 aliphatic rings. The van der Waals surface area contributed by atoms with E-state index in [1.54, 1.807) is 6.20 Å². The molecule has 1 aromatic rings. The van der Waals surface area contributed by atoms with E-state index in [1.165, 1.54) is 0 Å². The number of aromatic nitrogens is 1. The Morgan fingerprint density at radius 3 is 3.19 bits per heavy atom. The van der Waals surface area contributed by atoms with E-state index in [2.05, 4.69) is 10.3 Å². The molecule has 0 spiro atoms. The van der Waals surface area contributed by atoms with Crippen LogP contribution in [-0.2, 0) is 11.2 Å². The fourth-order valence-electron chi connectivity index (χ4n) is 1.80. The molecule has 16 heavy (non-hydrogen) atoms. The van der Waals surface area contributed by atoms with Crippen molar-refractivity contribution in [3.05, 3.63) is 30.1 Å². The third kappa shape index (κ3) is 3.61. The van der Waals surface area contributed by atoms with Gasteiger partial charge in [-0.15, -0.1) is 0 Å². The fourth-order valence-corrected chi connectivity index (χ4v) is 2.75. The van der Waals surface area contributed by atoms with E-state index in [-0.39, 0.29) is 5.78 Å². The number of nitrogens with one attached hydrogen (secondary N) is 1. The van der Waals surface area contributed by atoms with Gasteiger partial charge >= 0.3 is 0 Å². The van der Waals surface area contributed by atoms with Crippen LogP contribution in [0.3, 0.4) is 0 Å². The third-order valence-corrected chi connectivity index (χ3v) is 3.71.